The number of hydrogen-bond donors (Lipinski definition) is 1. The van der Waals surface area contributed by atoms with E-state index in [1.165, 1.54) is 12.1 Å². The van der Waals surface area contributed by atoms with Crippen molar-refractivity contribution < 1.29 is 22.7 Å². The summed E-state index contributed by atoms with van der Waals surface area (Å²) < 4.78 is 43.8. The van der Waals surface area contributed by atoms with Crippen molar-refractivity contribution in [2.45, 2.75) is 26.3 Å². The largest absolute Gasteiger partial charge is 0.573 e. The van der Waals surface area contributed by atoms with Gasteiger partial charge in [0.15, 0.2) is 0 Å². The Kier molecular flexibility index (Phi) is 7.69. The molecule has 1 saturated heterocycles. The summed E-state index contributed by atoms with van der Waals surface area (Å²) >= 11 is 3.46. The lowest BCUT2D eigenvalue weighted by atomic mass is 10.1. The number of nitrogens with zero attached hydrogens (tertiary/aromatic N) is 4. The molecule has 0 radical (unpaired) electrons. The summed E-state index contributed by atoms with van der Waals surface area (Å²) in [7, 11) is 0. The zero-order chi connectivity index (χ0) is 27.6. The van der Waals surface area contributed by atoms with Crippen molar-refractivity contribution in [2.24, 2.45) is 0 Å². The van der Waals surface area contributed by atoms with Crippen molar-refractivity contribution in [2.75, 3.05) is 36.0 Å². The molecule has 1 fully saturated rings. The average molecular weight is 602 g/mol. The number of halogens is 4. The highest BCUT2D eigenvalue weighted by molar-refractivity contribution is 9.10. The molecule has 4 aromatic rings. The van der Waals surface area contributed by atoms with Gasteiger partial charge < -0.3 is 19.9 Å². The van der Waals surface area contributed by atoms with Gasteiger partial charge >= 0.3 is 6.36 Å². The third-order valence-electron chi connectivity index (χ3n) is 6.67. The fraction of sp³-hybridized carbons (Fsp3) is 0.286. The highest BCUT2D eigenvalue weighted by Crippen LogP contribution is 2.27. The molecule has 1 aliphatic rings. The number of aryl methyl sites for hydroxylation is 1. The molecule has 7 nitrogen and oxygen atoms in total. The Labute approximate surface area is 232 Å². The Morgan fingerprint density at radius 1 is 0.949 bits per heavy atom. The molecule has 0 unspecified atom stereocenters. The maximum absolute atomic E-state index is 13.1. The number of rotatable bonds is 7. The first-order chi connectivity index (χ1) is 18.7. The van der Waals surface area contributed by atoms with Gasteiger partial charge in [-0.25, -0.2) is 4.98 Å². The molecule has 0 atom stereocenters. The van der Waals surface area contributed by atoms with Gasteiger partial charge in [0.1, 0.15) is 17.1 Å². The van der Waals surface area contributed by atoms with Crippen LogP contribution in [0.25, 0.3) is 5.65 Å². The van der Waals surface area contributed by atoms with Crippen LogP contribution in [0.2, 0.25) is 0 Å². The molecule has 0 spiro atoms. The third-order valence-corrected chi connectivity index (χ3v) is 7.14. The smallest absolute Gasteiger partial charge is 0.406 e. The van der Waals surface area contributed by atoms with Crippen LogP contribution in [-0.4, -0.2) is 47.8 Å². The molecule has 39 heavy (non-hydrogen) atoms. The third kappa shape index (κ3) is 6.30. The van der Waals surface area contributed by atoms with Crippen LogP contribution in [0, 0.1) is 0 Å². The SMILES string of the molecule is CCc1nc2ccc(Br)cn2c1C(=O)NCc1ccc(N2CCN(c3ccc(OC(F)(F)F)cc3)CC2)cc1. The number of ether oxygens (including phenoxy) is 1. The van der Waals surface area contributed by atoms with Gasteiger partial charge in [-0.2, -0.15) is 0 Å². The van der Waals surface area contributed by atoms with Crippen LogP contribution < -0.4 is 19.9 Å². The number of carbonyl (C=O) groups excluding carboxylic acids is 1. The number of carbonyl (C=O) groups is 1. The van der Waals surface area contributed by atoms with Crippen LogP contribution in [0.5, 0.6) is 5.75 Å². The molecule has 0 saturated carbocycles. The molecule has 0 aliphatic carbocycles. The number of anilines is 2. The molecular formula is C28H27BrF3N5O2. The number of benzene rings is 2. The van der Waals surface area contributed by atoms with E-state index < -0.39 is 6.36 Å². The van der Waals surface area contributed by atoms with E-state index in [1.54, 1.807) is 12.1 Å². The van der Waals surface area contributed by atoms with E-state index in [-0.39, 0.29) is 11.7 Å². The van der Waals surface area contributed by atoms with Gasteiger partial charge in [0.25, 0.3) is 5.91 Å². The zero-order valence-electron chi connectivity index (χ0n) is 21.2. The molecule has 2 aromatic carbocycles. The topological polar surface area (TPSA) is 62.1 Å². The molecule has 204 valence electrons. The van der Waals surface area contributed by atoms with Gasteiger partial charge in [-0.05, 0) is 76.4 Å². The predicted molar refractivity (Wildman–Crippen MR) is 147 cm³/mol. The molecule has 1 amide bonds. The minimum absolute atomic E-state index is 0.171. The number of imidazole rings is 1. The number of alkyl halides is 3. The van der Waals surface area contributed by atoms with Gasteiger partial charge in [0.2, 0.25) is 0 Å². The summed E-state index contributed by atoms with van der Waals surface area (Å²) in [5, 5.41) is 3.02. The molecular weight excluding hydrogens is 575 g/mol. The molecule has 0 bridgehead atoms. The van der Waals surface area contributed by atoms with Crippen LogP contribution in [0.3, 0.4) is 0 Å². The van der Waals surface area contributed by atoms with Gasteiger partial charge in [-0.15, -0.1) is 13.2 Å². The van der Waals surface area contributed by atoms with E-state index in [0.717, 1.165) is 58.9 Å². The van der Waals surface area contributed by atoms with Crippen molar-refractivity contribution in [1.82, 2.24) is 14.7 Å². The lowest BCUT2D eigenvalue weighted by Gasteiger charge is -2.37. The van der Waals surface area contributed by atoms with Gasteiger partial charge in [0, 0.05) is 54.8 Å². The van der Waals surface area contributed by atoms with Gasteiger partial charge in [-0.1, -0.05) is 19.1 Å². The predicted octanol–water partition coefficient (Wildman–Crippen LogP) is 5.81. The minimum atomic E-state index is -4.69. The normalized spacial score (nSPS) is 14.1. The van der Waals surface area contributed by atoms with Crippen LogP contribution in [-0.2, 0) is 13.0 Å². The zero-order valence-corrected chi connectivity index (χ0v) is 22.8. The molecule has 2 aromatic heterocycles. The van der Waals surface area contributed by atoms with Crippen LogP contribution in [0.1, 0.15) is 28.7 Å². The maximum Gasteiger partial charge on any atom is 0.573 e. The lowest BCUT2D eigenvalue weighted by Crippen LogP contribution is -2.46. The van der Waals surface area contributed by atoms with E-state index in [9.17, 15) is 18.0 Å². The number of pyridine rings is 1. The summed E-state index contributed by atoms with van der Waals surface area (Å²) in [4.78, 5) is 22.1. The number of nitrogens with one attached hydrogen (secondary N) is 1. The van der Waals surface area contributed by atoms with Crippen molar-refractivity contribution in [3.05, 3.63) is 88.3 Å². The van der Waals surface area contributed by atoms with E-state index >= 15 is 0 Å². The lowest BCUT2D eigenvalue weighted by molar-refractivity contribution is -0.274. The van der Waals surface area contributed by atoms with Crippen molar-refractivity contribution in [3.63, 3.8) is 0 Å². The number of aromatic nitrogens is 2. The quantitative estimate of drug-likeness (QED) is 0.289. The number of amides is 1. The second kappa shape index (κ2) is 11.2. The monoisotopic (exact) mass is 601 g/mol. The standard InChI is InChI=1S/C28H27BrF3N5O2/c1-2-24-26(37-18-20(29)5-12-25(37)34-24)27(38)33-17-19-3-6-21(7-4-19)35-13-15-36(16-14-35)22-8-10-23(11-9-22)39-28(30,31)32/h3-12,18H,2,13-17H2,1H3,(H,33,38). The highest BCUT2D eigenvalue weighted by atomic mass is 79.9. The summed E-state index contributed by atoms with van der Waals surface area (Å²) in [6.45, 7) is 5.42. The van der Waals surface area contributed by atoms with Crippen molar-refractivity contribution >= 4 is 38.9 Å². The minimum Gasteiger partial charge on any atom is -0.406 e. The van der Waals surface area contributed by atoms with E-state index in [1.807, 2.05) is 53.9 Å². The second-order valence-electron chi connectivity index (χ2n) is 9.20. The van der Waals surface area contributed by atoms with E-state index in [0.29, 0.717) is 18.7 Å². The second-order valence-corrected chi connectivity index (χ2v) is 10.1. The van der Waals surface area contributed by atoms with Gasteiger partial charge in [-0.3, -0.25) is 9.20 Å². The summed E-state index contributed by atoms with van der Waals surface area (Å²) in [5.74, 6) is -0.394. The maximum atomic E-state index is 13.1. The van der Waals surface area contributed by atoms with Gasteiger partial charge in [0.05, 0.1) is 5.69 Å². The molecule has 5 rings (SSSR count). The first-order valence-electron chi connectivity index (χ1n) is 12.6. The molecule has 3 heterocycles. The number of hydrogen-bond acceptors (Lipinski definition) is 5. The van der Waals surface area contributed by atoms with Crippen LogP contribution in [0.4, 0.5) is 24.5 Å². The Morgan fingerprint density at radius 2 is 1.54 bits per heavy atom. The molecule has 11 heteroatoms. The fourth-order valence-corrected chi connectivity index (χ4v) is 5.06. The molecule has 1 N–H and O–H groups in total. The fourth-order valence-electron chi connectivity index (χ4n) is 4.73. The first kappa shape index (κ1) is 26.9. The number of piperazine rings is 1. The Balaban J connectivity index is 1.16. The number of fused-ring (bicyclic) bond motifs is 1. The summed E-state index contributed by atoms with van der Waals surface area (Å²) in [6.07, 6.45) is -2.19. The summed E-state index contributed by atoms with van der Waals surface area (Å²) in [6, 6.07) is 17.9. The summed E-state index contributed by atoms with van der Waals surface area (Å²) in [5.41, 5.74) is 4.96. The molecule has 1 aliphatic heterocycles. The highest BCUT2D eigenvalue weighted by Gasteiger charge is 2.31. The Bertz CT molecular complexity index is 1450. The first-order valence-corrected chi connectivity index (χ1v) is 13.4. The average Bonchev–Trinajstić information content (AvgIpc) is 3.29. The Morgan fingerprint density at radius 3 is 2.10 bits per heavy atom. The van der Waals surface area contributed by atoms with E-state index in [2.05, 4.69) is 40.8 Å². The van der Waals surface area contributed by atoms with Crippen molar-refractivity contribution in [1.29, 1.82) is 0 Å². The van der Waals surface area contributed by atoms with Crippen molar-refractivity contribution in [3.8, 4) is 5.75 Å². The Hall–Kier alpha value is -3.73. The van der Waals surface area contributed by atoms with Crippen LogP contribution in [0.15, 0.2) is 71.3 Å². The van der Waals surface area contributed by atoms with E-state index in [4.69, 9.17) is 0 Å². The van der Waals surface area contributed by atoms with Crippen LogP contribution >= 0.6 is 15.9 Å².